The zero-order chi connectivity index (χ0) is 0. The van der Waals surface area contributed by atoms with E-state index in [-0.39, 0.29) is 49.9 Å². The molecular weight excluding hydrogens is 152 g/mol. The number of hydrogen-bond acceptors (Lipinski definition) is 0. The van der Waals surface area contributed by atoms with E-state index in [2.05, 4.69) is 0 Å². The fraction of sp³-hybridized carbons (Fsp3) is 0. The second-order valence-corrected chi connectivity index (χ2v) is 0. The van der Waals surface area contributed by atoms with Crippen molar-refractivity contribution in [2.24, 2.45) is 0 Å². The van der Waals surface area contributed by atoms with Crippen molar-refractivity contribution in [3.8, 4) is 0 Å². The maximum Gasteiger partial charge on any atom is 0 e. The molecule has 0 unspecified atom stereocenters. The van der Waals surface area contributed by atoms with Gasteiger partial charge in [-0.15, -0.1) is 0 Å². The van der Waals surface area contributed by atoms with E-state index in [4.69, 9.17) is 0 Å². The Morgan fingerprint density at radius 3 is 0.286 bits per heavy atom. The topological polar surface area (TPSA) is 189 Å². The van der Waals surface area contributed by atoms with Gasteiger partial charge >= 0.3 is 0 Å². The Kier molecular flexibility index (Phi) is 1180000. The normalized spacial score (nSPS) is 0. The minimum absolute atomic E-state index is 0. The average Bonchev–Trinajstić information content (AvgIpc) is 0. The Balaban J connectivity index is 0. The molecular formula is H12FeO6. The third-order valence-corrected chi connectivity index (χ3v) is 0. The zero-order valence-electron chi connectivity index (χ0n) is 3.35. The SMILES string of the molecule is O.O.O.O.O.O.[Fe]. The van der Waals surface area contributed by atoms with Crippen LogP contribution in [0.1, 0.15) is 0 Å². The Morgan fingerprint density at radius 1 is 0.286 bits per heavy atom. The molecule has 0 radical (unpaired) electrons. The van der Waals surface area contributed by atoms with Crippen molar-refractivity contribution in [2.75, 3.05) is 0 Å². The fourth-order valence-corrected chi connectivity index (χ4v) is 0. The molecule has 7 heteroatoms. The van der Waals surface area contributed by atoms with Gasteiger partial charge < -0.3 is 32.9 Å². The van der Waals surface area contributed by atoms with Gasteiger partial charge in [0.1, 0.15) is 0 Å². The van der Waals surface area contributed by atoms with Gasteiger partial charge in [-0.25, -0.2) is 0 Å². The van der Waals surface area contributed by atoms with Gasteiger partial charge in [0.25, 0.3) is 0 Å². The Labute approximate surface area is 50.8 Å². The van der Waals surface area contributed by atoms with Gasteiger partial charge in [0.15, 0.2) is 0 Å². The van der Waals surface area contributed by atoms with E-state index in [9.17, 15) is 0 Å². The summed E-state index contributed by atoms with van der Waals surface area (Å²) in [6.07, 6.45) is 0. The predicted molar refractivity (Wildman–Crippen MR) is 21.7 cm³/mol. The van der Waals surface area contributed by atoms with Crippen LogP contribution in [0.15, 0.2) is 0 Å². The first-order valence-electron chi connectivity index (χ1n) is 0. The smallest absolute Gasteiger partial charge is 0 e. The van der Waals surface area contributed by atoms with Crippen molar-refractivity contribution in [2.45, 2.75) is 0 Å². The molecule has 0 amide bonds. The van der Waals surface area contributed by atoms with Gasteiger partial charge in [0.2, 0.25) is 0 Å². The molecule has 0 spiro atoms. The van der Waals surface area contributed by atoms with E-state index < -0.39 is 0 Å². The zero-order valence-corrected chi connectivity index (χ0v) is 4.46. The number of rotatable bonds is 0. The predicted octanol–water partition coefficient (Wildman–Crippen LogP) is -4.95. The molecule has 12 N–H and O–H groups in total. The minimum atomic E-state index is 0. The molecule has 0 atom stereocenters. The Hall–Kier alpha value is 0.279. The van der Waals surface area contributed by atoms with Gasteiger partial charge in [-0.1, -0.05) is 0 Å². The van der Waals surface area contributed by atoms with Crippen LogP contribution in [0.25, 0.3) is 0 Å². The summed E-state index contributed by atoms with van der Waals surface area (Å²) in [5.74, 6) is 0. The van der Waals surface area contributed by atoms with Gasteiger partial charge in [-0.3, -0.25) is 0 Å². The summed E-state index contributed by atoms with van der Waals surface area (Å²) in [6.45, 7) is 0. The molecule has 0 saturated carbocycles. The van der Waals surface area contributed by atoms with Gasteiger partial charge in [0, 0.05) is 17.1 Å². The van der Waals surface area contributed by atoms with Crippen LogP contribution in [-0.2, 0) is 17.1 Å². The molecule has 0 heterocycles. The minimum Gasteiger partial charge on any atom is -0.412 e. The molecule has 0 bridgehead atoms. The quantitative estimate of drug-likeness (QED) is 0.310. The van der Waals surface area contributed by atoms with Crippen LogP contribution in [0, 0.1) is 0 Å². The van der Waals surface area contributed by atoms with Crippen LogP contribution < -0.4 is 0 Å². The summed E-state index contributed by atoms with van der Waals surface area (Å²) in [4.78, 5) is 0. The van der Waals surface area contributed by atoms with Crippen molar-refractivity contribution in [3.05, 3.63) is 0 Å². The molecule has 0 rings (SSSR count). The van der Waals surface area contributed by atoms with Crippen LogP contribution in [0.4, 0.5) is 0 Å². The first-order valence-corrected chi connectivity index (χ1v) is 0. The third kappa shape index (κ3) is 1470. The summed E-state index contributed by atoms with van der Waals surface area (Å²) in [7, 11) is 0. The summed E-state index contributed by atoms with van der Waals surface area (Å²) >= 11 is 0. The summed E-state index contributed by atoms with van der Waals surface area (Å²) < 4.78 is 0. The van der Waals surface area contributed by atoms with E-state index in [0.717, 1.165) is 0 Å². The maximum atomic E-state index is 0. The first kappa shape index (κ1) is 3670. The van der Waals surface area contributed by atoms with Crippen molar-refractivity contribution in [3.63, 3.8) is 0 Å². The summed E-state index contributed by atoms with van der Waals surface area (Å²) in [5.41, 5.74) is 0. The van der Waals surface area contributed by atoms with E-state index in [1.54, 1.807) is 0 Å². The first-order chi connectivity index (χ1) is 0. The molecule has 0 saturated heterocycles. The number of hydrogen-bond donors (Lipinski definition) is 0. The maximum absolute atomic E-state index is 0. The molecule has 6 nitrogen and oxygen atoms in total. The van der Waals surface area contributed by atoms with Gasteiger partial charge in [0.05, 0.1) is 0 Å². The Morgan fingerprint density at radius 2 is 0.286 bits per heavy atom. The molecule has 7 heavy (non-hydrogen) atoms. The van der Waals surface area contributed by atoms with Crippen molar-refractivity contribution in [1.82, 2.24) is 0 Å². The van der Waals surface area contributed by atoms with Crippen molar-refractivity contribution < 1.29 is 49.9 Å². The van der Waals surface area contributed by atoms with Gasteiger partial charge in [-0.05, 0) is 0 Å². The van der Waals surface area contributed by atoms with Gasteiger partial charge in [-0.2, -0.15) is 0 Å². The fourth-order valence-electron chi connectivity index (χ4n) is 0. The monoisotopic (exact) mass is 164 g/mol. The standard InChI is InChI=1S/Fe.6H2O/h;6*1H2. The largest absolute Gasteiger partial charge is 0.412 e. The molecule has 0 aliphatic heterocycles. The third-order valence-electron chi connectivity index (χ3n) is 0. The van der Waals surface area contributed by atoms with E-state index in [0.29, 0.717) is 0 Å². The molecule has 0 aliphatic carbocycles. The van der Waals surface area contributed by atoms with Crippen LogP contribution in [-0.4, -0.2) is 32.9 Å². The average molecular weight is 164 g/mol. The second-order valence-electron chi connectivity index (χ2n) is 0. The van der Waals surface area contributed by atoms with Crippen LogP contribution in [0.2, 0.25) is 0 Å². The van der Waals surface area contributed by atoms with Crippen LogP contribution in [0.5, 0.6) is 0 Å². The summed E-state index contributed by atoms with van der Waals surface area (Å²) in [5, 5.41) is 0. The molecule has 0 aromatic rings. The van der Waals surface area contributed by atoms with E-state index in [1.165, 1.54) is 0 Å². The Bertz CT molecular complexity index is 4.14. The summed E-state index contributed by atoms with van der Waals surface area (Å²) in [6, 6.07) is 0. The van der Waals surface area contributed by atoms with E-state index in [1.807, 2.05) is 0 Å². The van der Waals surface area contributed by atoms with E-state index >= 15 is 0 Å². The molecule has 56 valence electrons. The molecule has 0 aliphatic rings. The van der Waals surface area contributed by atoms with Crippen molar-refractivity contribution >= 4 is 0 Å². The second kappa shape index (κ2) is 2240. The molecule has 0 aromatic heterocycles. The molecule has 0 aromatic carbocycles. The molecule has 0 fully saturated rings. The van der Waals surface area contributed by atoms with Crippen molar-refractivity contribution in [1.29, 1.82) is 0 Å². The van der Waals surface area contributed by atoms with Crippen LogP contribution in [0.3, 0.4) is 0 Å². The van der Waals surface area contributed by atoms with Crippen LogP contribution >= 0.6 is 0 Å².